The van der Waals surface area contributed by atoms with Crippen LogP contribution in [0.4, 0.5) is 11.4 Å². The fourth-order valence-corrected chi connectivity index (χ4v) is 3.98. The number of aromatic amines is 1. The van der Waals surface area contributed by atoms with Crippen LogP contribution in [0.2, 0.25) is 0 Å². The number of H-pyrrole nitrogens is 1. The number of nitro groups is 1. The first-order chi connectivity index (χ1) is 12.3. The molecule has 0 aliphatic heterocycles. The van der Waals surface area contributed by atoms with Crippen LogP contribution in [-0.2, 0) is 10.0 Å². The summed E-state index contributed by atoms with van der Waals surface area (Å²) in [5.41, 5.74) is 0.669. The number of rotatable bonds is 5. The minimum Gasteiger partial charge on any atom is -0.279 e. The summed E-state index contributed by atoms with van der Waals surface area (Å²) in [5.74, 6) is 1.05. The molecule has 0 aliphatic carbocycles. The summed E-state index contributed by atoms with van der Waals surface area (Å²) < 4.78 is 27.9. The highest BCUT2D eigenvalue weighted by Crippen LogP contribution is 2.29. The van der Waals surface area contributed by atoms with Crippen LogP contribution in [0.3, 0.4) is 0 Å². The lowest BCUT2D eigenvalue weighted by atomic mass is 10.2. The Morgan fingerprint density at radius 1 is 1.15 bits per heavy atom. The second-order valence-electron chi connectivity index (χ2n) is 5.61. The largest absolute Gasteiger partial charge is 0.290 e. The molecular formula is C16H15N5O4S. The molecule has 9 nitrogen and oxygen atoms in total. The van der Waals surface area contributed by atoms with Crippen LogP contribution < -0.4 is 4.72 Å². The van der Waals surface area contributed by atoms with E-state index in [9.17, 15) is 18.5 Å². The molecule has 3 rings (SSSR count). The Labute approximate surface area is 149 Å². The van der Waals surface area contributed by atoms with Gasteiger partial charge in [-0.1, -0.05) is 24.3 Å². The van der Waals surface area contributed by atoms with Crippen LogP contribution in [0.1, 0.15) is 11.4 Å². The molecule has 0 radical (unpaired) electrons. The Balaban J connectivity index is 2.00. The fourth-order valence-electron chi connectivity index (χ4n) is 2.53. The van der Waals surface area contributed by atoms with E-state index in [-0.39, 0.29) is 16.1 Å². The normalized spacial score (nSPS) is 11.3. The van der Waals surface area contributed by atoms with Gasteiger partial charge < -0.3 is 0 Å². The van der Waals surface area contributed by atoms with Gasteiger partial charge in [-0.05, 0) is 31.5 Å². The first-order valence-electron chi connectivity index (χ1n) is 7.54. The predicted octanol–water partition coefficient (Wildman–Crippen LogP) is 2.80. The average molecular weight is 373 g/mol. The minimum atomic E-state index is -4.15. The molecule has 0 unspecified atom stereocenters. The highest BCUT2D eigenvalue weighted by Gasteiger charge is 2.28. The molecule has 2 N–H and O–H groups in total. The van der Waals surface area contributed by atoms with E-state index in [4.69, 9.17) is 0 Å². The number of nitrogens with one attached hydrogen (secondary N) is 2. The third-order valence-electron chi connectivity index (χ3n) is 3.63. The molecule has 1 heterocycles. The van der Waals surface area contributed by atoms with Crippen LogP contribution in [-0.4, -0.2) is 28.5 Å². The lowest BCUT2D eigenvalue weighted by Gasteiger charge is -2.11. The van der Waals surface area contributed by atoms with Gasteiger partial charge in [0.1, 0.15) is 5.82 Å². The van der Waals surface area contributed by atoms with Crippen LogP contribution in [0.25, 0.3) is 11.4 Å². The van der Waals surface area contributed by atoms with Crippen molar-refractivity contribution in [2.45, 2.75) is 18.7 Å². The summed E-state index contributed by atoms with van der Waals surface area (Å²) in [4.78, 5) is 14.3. The van der Waals surface area contributed by atoms with Gasteiger partial charge in [-0.2, -0.15) is 5.10 Å². The summed E-state index contributed by atoms with van der Waals surface area (Å²) in [6, 6.07) is 10.6. The molecule has 0 saturated carbocycles. The zero-order valence-electron chi connectivity index (χ0n) is 13.9. The topological polar surface area (TPSA) is 131 Å². The van der Waals surface area contributed by atoms with Gasteiger partial charge in [-0.15, -0.1) is 0 Å². The molecule has 0 amide bonds. The Hall–Kier alpha value is -3.27. The number of nitro benzene ring substituents is 1. The van der Waals surface area contributed by atoms with E-state index in [1.54, 1.807) is 31.2 Å². The van der Waals surface area contributed by atoms with Gasteiger partial charge in [0.2, 0.25) is 0 Å². The molecule has 134 valence electrons. The van der Waals surface area contributed by atoms with Crippen molar-refractivity contribution in [2.24, 2.45) is 0 Å². The highest BCUT2D eigenvalue weighted by molar-refractivity contribution is 7.93. The number of nitrogens with zero attached hydrogens (tertiary/aromatic N) is 3. The smallest absolute Gasteiger partial charge is 0.279 e. The zero-order chi connectivity index (χ0) is 18.9. The third kappa shape index (κ3) is 3.40. The van der Waals surface area contributed by atoms with Gasteiger partial charge in [-0.3, -0.25) is 19.9 Å². The Morgan fingerprint density at radius 2 is 1.88 bits per heavy atom. The Kier molecular flexibility index (Phi) is 4.43. The minimum absolute atomic E-state index is 0.252. The molecule has 2 aromatic carbocycles. The Morgan fingerprint density at radius 3 is 2.54 bits per heavy atom. The molecular weight excluding hydrogens is 358 g/mol. The second kappa shape index (κ2) is 6.56. The van der Waals surface area contributed by atoms with E-state index < -0.39 is 20.6 Å². The van der Waals surface area contributed by atoms with Crippen molar-refractivity contribution in [1.82, 2.24) is 15.2 Å². The second-order valence-corrected chi connectivity index (χ2v) is 7.23. The van der Waals surface area contributed by atoms with Crippen molar-refractivity contribution in [1.29, 1.82) is 0 Å². The van der Waals surface area contributed by atoms with Crippen molar-refractivity contribution in [3.63, 3.8) is 0 Å². The van der Waals surface area contributed by atoms with Crippen LogP contribution in [0.5, 0.6) is 0 Å². The molecule has 3 aromatic rings. The Bertz CT molecular complexity index is 1090. The summed E-state index contributed by atoms with van der Waals surface area (Å²) in [6.45, 7) is 3.26. The number of aromatic nitrogens is 3. The number of aryl methyl sites for hydroxylation is 2. The number of hydrogen-bond acceptors (Lipinski definition) is 6. The van der Waals surface area contributed by atoms with Gasteiger partial charge in [0.05, 0.1) is 4.92 Å². The van der Waals surface area contributed by atoms with Crippen molar-refractivity contribution in [3.8, 4) is 11.4 Å². The molecule has 26 heavy (non-hydrogen) atoms. The number of anilines is 1. The summed E-state index contributed by atoms with van der Waals surface area (Å²) in [5, 5.41) is 18.0. The third-order valence-corrected chi connectivity index (χ3v) is 5.20. The fraction of sp³-hybridized carbons (Fsp3) is 0.125. The van der Waals surface area contributed by atoms with E-state index in [1.165, 1.54) is 19.1 Å². The van der Waals surface area contributed by atoms with E-state index in [0.717, 1.165) is 6.07 Å². The van der Waals surface area contributed by atoms with Crippen molar-refractivity contribution < 1.29 is 13.3 Å². The highest BCUT2D eigenvalue weighted by atomic mass is 32.2. The SMILES string of the molecule is Cc1nc(-c2cccc(NS(=O)(=O)c3c(C)cccc3[N+](=O)[O-])c2)n[nH]1. The van der Waals surface area contributed by atoms with Gasteiger partial charge >= 0.3 is 0 Å². The predicted molar refractivity (Wildman–Crippen MR) is 95.2 cm³/mol. The monoisotopic (exact) mass is 373 g/mol. The van der Waals surface area contributed by atoms with Gasteiger partial charge in [0.15, 0.2) is 10.7 Å². The summed E-state index contributed by atoms with van der Waals surface area (Å²) in [7, 11) is -4.15. The maximum absolute atomic E-state index is 12.7. The van der Waals surface area contributed by atoms with Crippen molar-refractivity contribution in [3.05, 3.63) is 64.0 Å². The lowest BCUT2D eigenvalue weighted by molar-refractivity contribution is -0.387. The standard InChI is InChI=1S/C16H15N5O4S/c1-10-5-3-8-14(21(22)23)15(10)26(24,25)20-13-7-4-6-12(9-13)16-17-11(2)18-19-16/h3-9,20H,1-2H3,(H,17,18,19). The van der Waals surface area contributed by atoms with Crippen LogP contribution in [0.15, 0.2) is 47.4 Å². The first-order valence-corrected chi connectivity index (χ1v) is 9.02. The summed E-state index contributed by atoms with van der Waals surface area (Å²) in [6.07, 6.45) is 0. The van der Waals surface area contributed by atoms with Gasteiger partial charge in [0, 0.05) is 17.3 Å². The van der Waals surface area contributed by atoms with Gasteiger partial charge in [0.25, 0.3) is 15.7 Å². The van der Waals surface area contributed by atoms with E-state index in [2.05, 4.69) is 19.9 Å². The first kappa shape index (κ1) is 17.5. The number of benzene rings is 2. The lowest BCUT2D eigenvalue weighted by Crippen LogP contribution is -2.16. The van der Waals surface area contributed by atoms with E-state index in [0.29, 0.717) is 17.2 Å². The summed E-state index contributed by atoms with van der Waals surface area (Å²) >= 11 is 0. The van der Waals surface area contributed by atoms with Crippen LogP contribution in [0, 0.1) is 24.0 Å². The average Bonchev–Trinajstić information content (AvgIpc) is 3.00. The van der Waals surface area contributed by atoms with E-state index in [1.807, 2.05) is 0 Å². The maximum Gasteiger partial charge on any atom is 0.290 e. The number of hydrogen-bond donors (Lipinski definition) is 2. The quantitative estimate of drug-likeness (QED) is 0.522. The maximum atomic E-state index is 12.7. The molecule has 1 aromatic heterocycles. The molecule has 0 atom stereocenters. The molecule has 0 aliphatic rings. The van der Waals surface area contributed by atoms with Crippen molar-refractivity contribution >= 4 is 21.4 Å². The molecule has 0 fully saturated rings. The number of sulfonamides is 1. The van der Waals surface area contributed by atoms with Crippen LogP contribution >= 0.6 is 0 Å². The van der Waals surface area contributed by atoms with E-state index >= 15 is 0 Å². The molecule has 0 bridgehead atoms. The zero-order valence-corrected chi connectivity index (χ0v) is 14.7. The molecule has 0 spiro atoms. The molecule has 10 heteroatoms. The molecule has 0 saturated heterocycles. The van der Waals surface area contributed by atoms with Gasteiger partial charge in [-0.25, -0.2) is 13.4 Å². The van der Waals surface area contributed by atoms with Crippen molar-refractivity contribution in [2.75, 3.05) is 4.72 Å².